The van der Waals surface area contributed by atoms with Crippen LogP contribution in [0.5, 0.6) is 0 Å². The van der Waals surface area contributed by atoms with Gasteiger partial charge < -0.3 is 10.6 Å². The molecule has 0 radical (unpaired) electrons. The minimum Gasteiger partial charge on any atom is -0.322 e. The lowest BCUT2D eigenvalue weighted by molar-refractivity contribution is -0.115. The first kappa shape index (κ1) is 13.2. The number of carbonyl (C=O) groups is 1. The molecule has 0 aliphatic heterocycles. The van der Waals surface area contributed by atoms with Crippen molar-refractivity contribution in [2.75, 3.05) is 18.4 Å². The molecule has 92 valence electrons. The van der Waals surface area contributed by atoms with Crippen molar-refractivity contribution in [3.05, 3.63) is 42.2 Å². The van der Waals surface area contributed by atoms with E-state index in [0.29, 0.717) is 18.7 Å². The summed E-state index contributed by atoms with van der Waals surface area (Å²) in [4.78, 5) is 11.2. The molecule has 0 aliphatic rings. The normalized spacial score (nSPS) is 10.1. The number of benzene rings is 1. The molecule has 0 atom stereocenters. The van der Waals surface area contributed by atoms with Crippen LogP contribution >= 0.6 is 0 Å². The monoisotopic (exact) mass is 244 g/mol. The van der Waals surface area contributed by atoms with Gasteiger partial charge in [0.15, 0.2) is 11.6 Å². The first-order chi connectivity index (χ1) is 8.04. The predicted octanol–water partition coefficient (Wildman–Crippen LogP) is 1.82. The smallest absolute Gasteiger partial charge is 0.238 e. The Kier molecular flexibility index (Phi) is 4.71. The van der Waals surface area contributed by atoms with Crippen molar-refractivity contribution in [2.24, 2.45) is 0 Å². The average molecular weight is 244 g/mol. The van der Waals surface area contributed by atoms with Crippen molar-refractivity contribution in [2.45, 2.75) is 0 Å². The van der Waals surface area contributed by atoms with Crippen LogP contribution in [0.3, 0.4) is 0 Å². The Bertz CT molecular complexity index is 435. The van der Waals surface area contributed by atoms with Crippen molar-refractivity contribution < 1.29 is 18.0 Å². The van der Waals surface area contributed by atoms with Crippen LogP contribution in [-0.4, -0.2) is 19.0 Å². The fourth-order valence-corrected chi connectivity index (χ4v) is 1.13. The molecule has 0 heterocycles. The second-order valence-electron chi connectivity index (χ2n) is 3.22. The first-order valence-electron chi connectivity index (χ1n) is 4.80. The zero-order valence-corrected chi connectivity index (χ0v) is 8.90. The van der Waals surface area contributed by atoms with Crippen LogP contribution in [0.15, 0.2) is 24.8 Å². The van der Waals surface area contributed by atoms with Gasteiger partial charge in [-0.05, 0) is 0 Å². The van der Waals surface area contributed by atoms with E-state index >= 15 is 0 Å². The fraction of sp³-hybridized carbons (Fsp3) is 0.182. The Morgan fingerprint density at radius 2 is 2.06 bits per heavy atom. The van der Waals surface area contributed by atoms with Crippen molar-refractivity contribution in [3.63, 3.8) is 0 Å². The number of hydrogen-bond acceptors (Lipinski definition) is 2. The minimum absolute atomic E-state index is 0.108. The van der Waals surface area contributed by atoms with Gasteiger partial charge in [-0.15, -0.1) is 6.58 Å². The molecule has 1 aromatic rings. The number of amides is 1. The number of hydrogen-bond donors (Lipinski definition) is 2. The van der Waals surface area contributed by atoms with E-state index in [4.69, 9.17) is 0 Å². The summed E-state index contributed by atoms with van der Waals surface area (Å²) in [7, 11) is 0. The number of rotatable bonds is 5. The summed E-state index contributed by atoms with van der Waals surface area (Å²) in [5.74, 6) is -4.20. The fourth-order valence-electron chi connectivity index (χ4n) is 1.13. The van der Waals surface area contributed by atoms with Gasteiger partial charge in [0.2, 0.25) is 5.91 Å². The third kappa shape index (κ3) is 3.92. The molecular weight excluding hydrogens is 233 g/mol. The highest BCUT2D eigenvalue weighted by atomic mass is 19.2. The summed E-state index contributed by atoms with van der Waals surface area (Å²) < 4.78 is 38.7. The Morgan fingerprint density at radius 3 is 2.71 bits per heavy atom. The van der Waals surface area contributed by atoms with Crippen LogP contribution in [0.4, 0.5) is 18.9 Å². The molecule has 0 unspecified atom stereocenters. The standard InChI is InChI=1S/C11H11F3N2O/c1-2-3-15-6-10(17)16-9-5-7(12)4-8(13)11(9)14/h2,4-5,15H,1,3,6H2,(H,16,17). The highest BCUT2D eigenvalue weighted by Crippen LogP contribution is 2.18. The van der Waals surface area contributed by atoms with E-state index in [2.05, 4.69) is 17.2 Å². The van der Waals surface area contributed by atoms with Gasteiger partial charge in [-0.2, -0.15) is 0 Å². The second-order valence-corrected chi connectivity index (χ2v) is 3.22. The van der Waals surface area contributed by atoms with E-state index in [0.717, 1.165) is 0 Å². The molecule has 0 spiro atoms. The minimum atomic E-state index is -1.35. The maximum atomic E-state index is 13.1. The molecule has 1 amide bonds. The van der Waals surface area contributed by atoms with Gasteiger partial charge >= 0.3 is 0 Å². The molecule has 6 heteroatoms. The van der Waals surface area contributed by atoms with Gasteiger partial charge in [0.1, 0.15) is 5.82 Å². The SMILES string of the molecule is C=CCNCC(=O)Nc1cc(F)cc(F)c1F. The Hall–Kier alpha value is -1.82. The van der Waals surface area contributed by atoms with Crippen molar-refractivity contribution in [3.8, 4) is 0 Å². The molecular formula is C11H11F3N2O. The topological polar surface area (TPSA) is 41.1 Å². The van der Waals surface area contributed by atoms with E-state index in [1.165, 1.54) is 6.08 Å². The Labute approximate surface area is 96.3 Å². The van der Waals surface area contributed by atoms with E-state index in [9.17, 15) is 18.0 Å². The largest absolute Gasteiger partial charge is 0.322 e. The molecule has 0 aliphatic carbocycles. The van der Waals surface area contributed by atoms with Gasteiger partial charge in [0.25, 0.3) is 0 Å². The van der Waals surface area contributed by atoms with E-state index in [-0.39, 0.29) is 6.54 Å². The maximum Gasteiger partial charge on any atom is 0.238 e. The van der Waals surface area contributed by atoms with Crippen LogP contribution in [0.2, 0.25) is 0 Å². The number of anilines is 1. The molecule has 0 saturated carbocycles. The Balaban J connectivity index is 2.68. The summed E-state index contributed by atoms with van der Waals surface area (Å²) in [5, 5.41) is 4.72. The molecule has 0 bridgehead atoms. The molecule has 0 fully saturated rings. The number of nitrogens with one attached hydrogen (secondary N) is 2. The van der Waals surface area contributed by atoms with Crippen LogP contribution in [-0.2, 0) is 4.79 Å². The van der Waals surface area contributed by atoms with Gasteiger partial charge in [-0.3, -0.25) is 4.79 Å². The molecule has 17 heavy (non-hydrogen) atoms. The number of halogens is 3. The zero-order valence-electron chi connectivity index (χ0n) is 8.90. The predicted molar refractivity (Wildman–Crippen MR) is 58.0 cm³/mol. The van der Waals surface area contributed by atoms with Crippen molar-refractivity contribution in [1.82, 2.24) is 5.32 Å². The van der Waals surface area contributed by atoms with Crippen LogP contribution in [0, 0.1) is 17.5 Å². The van der Waals surface area contributed by atoms with E-state index < -0.39 is 29.0 Å². The summed E-state index contributed by atoms with van der Waals surface area (Å²) in [6.07, 6.45) is 1.54. The van der Waals surface area contributed by atoms with Gasteiger partial charge in [0.05, 0.1) is 12.2 Å². The quantitative estimate of drug-likeness (QED) is 0.471. The summed E-state index contributed by atoms with van der Waals surface area (Å²) >= 11 is 0. The second kappa shape index (κ2) is 6.05. The van der Waals surface area contributed by atoms with Crippen molar-refractivity contribution in [1.29, 1.82) is 0 Å². The third-order valence-electron chi connectivity index (χ3n) is 1.84. The molecule has 2 N–H and O–H groups in total. The lowest BCUT2D eigenvalue weighted by Gasteiger charge is -2.07. The lowest BCUT2D eigenvalue weighted by Crippen LogP contribution is -2.28. The van der Waals surface area contributed by atoms with Crippen molar-refractivity contribution >= 4 is 11.6 Å². The molecule has 3 nitrogen and oxygen atoms in total. The van der Waals surface area contributed by atoms with E-state index in [1.54, 1.807) is 0 Å². The van der Waals surface area contributed by atoms with Crippen LogP contribution < -0.4 is 10.6 Å². The van der Waals surface area contributed by atoms with Gasteiger partial charge in [-0.25, -0.2) is 13.2 Å². The van der Waals surface area contributed by atoms with E-state index in [1.807, 2.05) is 0 Å². The van der Waals surface area contributed by atoms with Gasteiger partial charge in [-0.1, -0.05) is 6.08 Å². The zero-order chi connectivity index (χ0) is 12.8. The average Bonchev–Trinajstić information content (AvgIpc) is 2.25. The maximum absolute atomic E-state index is 13.1. The molecule has 1 rings (SSSR count). The van der Waals surface area contributed by atoms with Gasteiger partial charge in [0, 0.05) is 18.7 Å². The highest BCUT2D eigenvalue weighted by Gasteiger charge is 2.12. The molecule has 0 aromatic heterocycles. The first-order valence-corrected chi connectivity index (χ1v) is 4.80. The molecule has 1 aromatic carbocycles. The van der Waals surface area contributed by atoms with Crippen LogP contribution in [0.1, 0.15) is 0 Å². The lowest BCUT2D eigenvalue weighted by atomic mass is 10.2. The summed E-state index contributed by atoms with van der Waals surface area (Å²) in [5.41, 5.74) is -0.520. The summed E-state index contributed by atoms with van der Waals surface area (Å²) in [6, 6.07) is 1.12. The third-order valence-corrected chi connectivity index (χ3v) is 1.84. The number of carbonyl (C=O) groups excluding carboxylic acids is 1. The molecule has 0 saturated heterocycles. The Morgan fingerprint density at radius 1 is 1.35 bits per heavy atom. The summed E-state index contributed by atoms with van der Waals surface area (Å²) in [6.45, 7) is 3.71. The highest BCUT2D eigenvalue weighted by molar-refractivity contribution is 5.92. The van der Waals surface area contributed by atoms with Crippen LogP contribution in [0.25, 0.3) is 0 Å².